The molecule has 0 heterocycles. The number of benzene rings is 2. The molecule has 0 aliphatic rings. The Kier molecular flexibility index (Phi) is 4.29. The maximum absolute atomic E-state index is 9.87. The molecular weight excluding hydrogens is 279 g/mol. The van der Waals surface area contributed by atoms with Crippen LogP contribution in [-0.2, 0) is 10.1 Å². The third-order valence-corrected chi connectivity index (χ3v) is 7.74. The van der Waals surface area contributed by atoms with E-state index in [4.69, 9.17) is 0 Å². The van der Waals surface area contributed by atoms with Crippen LogP contribution in [0.5, 0.6) is 0 Å². The summed E-state index contributed by atoms with van der Waals surface area (Å²) in [4.78, 5) is 31.2. The van der Waals surface area contributed by atoms with Gasteiger partial charge < -0.3 is 14.7 Å². The maximum atomic E-state index is 9.87. The molecule has 0 saturated carbocycles. The minimum absolute atomic E-state index is 0.776. The van der Waals surface area contributed by atoms with Gasteiger partial charge in [-0.2, -0.15) is 0 Å². The second-order valence-corrected chi connectivity index (χ2v) is 9.37. The van der Waals surface area contributed by atoms with Crippen LogP contribution in [0.15, 0.2) is 58.3 Å². The molecule has 0 amide bonds. The first-order valence-electron chi connectivity index (χ1n) is 5.85. The molecule has 0 unspecified atom stereocenters. The number of rotatable bonds is 2. The van der Waals surface area contributed by atoms with Crippen LogP contribution in [0.3, 0.4) is 0 Å². The van der Waals surface area contributed by atoms with Crippen LogP contribution >= 0.6 is 6.72 Å². The molecule has 3 N–H and O–H groups in total. The van der Waals surface area contributed by atoms with Crippen LogP contribution in [0, 0.1) is 13.8 Å². The molecule has 0 atom stereocenters. The van der Waals surface area contributed by atoms with E-state index in [-0.39, 0.29) is 0 Å². The summed E-state index contributed by atoms with van der Waals surface area (Å²) in [6, 6.07) is 15.0. The predicted molar refractivity (Wildman–Crippen MR) is 79.8 cm³/mol. The molecule has 0 bridgehead atoms. The zero-order valence-corrected chi connectivity index (χ0v) is 12.5. The number of hydrogen-bond acceptors (Lipinski definition) is 0. The van der Waals surface area contributed by atoms with Crippen molar-refractivity contribution in [2.24, 2.45) is 0 Å². The molecule has 0 fully saturated rings. The highest BCUT2D eigenvalue weighted by Crippen LogP contribution is 2.44. The molecular formula is C14H17O3PS. The van der Waals surface area contributed by atoms with Crippen LogP contribution in [0.2, 0.25) is 0 Å². The summed E-state index contributed by atoms with van der Waals surface area (Å²) in [5.74, 6) is 0. The predicted octanol–water partition coefficient (Wildman–Crippen LogP) is 2.99. The Hall–Kier alpha value is -0.900. The monoisotopic (exact) mass is 296 g/mol. The SMILES string of the molecule is Cc1ccccc1S(c1ccccc1C)=P(O)(O)O. The van der Waals surface area contributed by atoms with Crippen molar-refractivity contribution in [3.63, 3.8) is 0 Å². The molecule has 0 aromatic heterocycles. The van der Waals surface area contributed by atoms with E-state index in [2.05, 4.69) is 0 Å². The maximum Gasteiger partial charge on any atom is 0.286 e. The van der Waals surface area contributed by atoms with Gasteiger partial charge in [0.05, 0.1) is 0 Å². The summed E-state index contributed by atoms with van der Waals surface area (Å²) in [5, 5.41) is 0. The largest absolute Gasteiger partial charge is 0.328 e. The number of aryl methyl sites for hydroxylation is 2. The summed E-state index contributed by atoms with van der Waals surface area (Å²) >= 11 is 0. The van der Waals surface area contributed by atoms with E-state index in [9.17, 15) is 14.7 Å². The summed E-state index contributed by atoms with van der Waals surface area (Å²) in [6.07, 6.45) is 0. The first kappa shape index (κ1) is 14.5. The van der Waals surface area contributed by atoms with Gasteiger partial charge in [-0.05, 0) is 37.1 Å². The van der Waals surface area contributed by atoms with E-state index in [0.717, 1.165) is 20.9 Å². The van der Waals surface area contributed by atoms with E-state index < -0.39 is 16.8 Å². The fraction of sp³-hybridized carbons (Fsp3) is 0.143. The summed E-state index contributed by atoms with van der Waals surface area (Å²) < 4.78 is 0. The molecule has 2 aromatic carbocycles. The lowest BCUT2D eigenvalue weighted by Gasteiger charge is -2.19. The van der Waals surface area contributed by atoms with Crippen molar-refractivity contribution in [3.05, 3.63) is 59.7 Å². The second kappa shape index (κ2) is 5.61. The molecule has 0 saturated heterocycles. The quantitative estimate of drug-likeness (QED) is 0.747. The highest BCUT2D eigenvalue weighted by molar-refractivity contribution is 8.27. The third-order valence-electron chi connectivity index (χ3n) is 2.85. The molecule has 102 valence electrons. The zero-order chi connectivity index (χ0) is 14.0. The average Bonchev–Trinajstić information content (AvgIpc) is 2.33. The molecule has 5 heteroatoms. The minimum atomic E-state index is -4.00. The topological polar surface area (TPSA) is 60.7 Å². The van der Waals surface area contributed by atoms with Crippen molar-refractivity contribution >= 4 is 16.8 Å². The molecule has 0 spiro atoms. The van der Waals surface area contributed by atoms with E-state index in [1.54, 1.807) is 0 Å². The molecule has 0 aliphatic carbocycles. The van der Waals surface area contributed by atoms with Gasteiger partial charge in [0, 0.05) is 9.79 Å². The van der Waals surface area contributed by atoms with Gasteiger partial charge in [-0.15, -0.1) is 0 Å². The van der Waals surface area contributed by atoms with E-state index in [1.807, 2.05) is 62.4 Å². The van der Waals surface area contributed by atoms with Crippen molar-refractivity contribution in [2.75, 3.05) is 0 Å². The van der Waals surface area contributed by atoms with Crippen molar-refractivity contribution in [1.29, 1.82) is 0 Å². The third kappa shape index (κ3) is 3.16. The van der Waals surface area contributed by atoms with E-state index in [0.29, 0.717) is 0 Å². The van der Waals surface area contributed by atoms with Gasteiger partial charge in [0.1, 0.15) is 0 Å². The van der Waals surface area contributed by atoms with Crippen LogP contribution < -0.4 is 0 Å². The number of hydrogen-bond donors (Lipinski definition) is 3. The Morgan fingerprint density at radius 1 is 0.737 bits per heavy atom. The first-order chi connectivity index (χ1) is 8.91. The molecule has 0 aliphatic heterocycles. The summed E-state index contributed by atoms with van der Waals surface area (Å²) in [6.45, 7) is -0.184. The van der Waals surface area contributed by atoms with Crippen molar-refractivity contribution in [2.45, 2.75) is 23.6 Å². The van der Waals surface area contributed by atoms with Gasteiger partial charge in [-0.3, -0.25) is 0 Å². The summed E-state index contributed by atoms with van der Waals surface area (Å²) in [7, 11) is -1.11. The minimum Gasteiger partial charge on any atom is -0.328 e. The van der Waals surface area contributed by atoms with Gasteiger partial charge in [0.25, 0.3) is 6.72 Å². The molecule has 0 radical (unpaired) electrons. The highest BCUT2D eigenvalue weighted by Gasteiger charge is 2.19. The Morgan fingerprint density at radius 3 is 1.42 bits per heavy atom. The fourth-order valence-corrected chi connectivity index (χ4v) is 6.67. The Bertz CT molecular complexity index is 605. The molecule has 2 rings (SSSR count). The lowest BCUT2D eigenvalue weighted by Crippen LogP contribution is -2.01. The standard InChI is InChI=1S/C14H17O3PS/c1-11-7-3-5-9-13(11)19(18(15,16)17)14-10-6-4-8-12(14)2/h3-10,15-17H,1-2H3. The lowest BCUT2D eigenvalue weighted by atomic mass is 10.2. The fourth-order valence-electron chi connectivity index (χ4n) is 1.93. The Labute approximate surface area is 115 Å². The van der Waals surface area contributed by atoms with Gasteiger partial charge in [0.15, 0.2) is 0 Å². The molecule has 19 heavy (non-hydrogen) atoms. The van der Waals surface area contributed by atoms with Crippen LogP contribution in [0.25, 0.3) is 0 Å². The smallest absolute Gasteiger partial charge is 0.286 e. The summed E-state index contributed by atoms with van der Waals surface area (Å²) in [5.41, 5.74) is 1.88. The van der Waals surface area contributed by atoms with Crippen LogP contribution in [0.4, 0.5) is 0 Å². The van der Waals surface area contributed by atoms with Crippen molar-refractivity contribution in [3.8, 4) is 0 Å². The first-order valence-corrected chi connectivity index (χ1v) is 9.32. The van der Waals surface area contributed by atoms with Gasteiger partial charge in [-0.1, -0.05) is 46.5 Å². The highest BCUT2D eigenvalue weighted by atomic mass is 32.5. The molecule has 3 nitrogen and oxygen atoms in total. The Morgan fingerprint density at radius 2 is 1.11 bits per heavy atom. The van der Waals surface area contributed by atoms with Gasteiger partial charge in [-0.25, -0.2) is 0 Å². The molecule has 2 aromatic rings. The van der Waals surface area contributed by atoms with E-state index in [1.165, 1.54) is 0 Å². The van der Waals surface area contributed by atoms with Crippen molar-refractivity contribution in [1.82, 2.24) is 0 Å². The van der Waals surface area contributed by atoms with E-state index >= 15 is 0 Å². The average molecular weight is 296 g/mol. The zero-order valence-electron chi connectivity index (χ0n) is 10.8. The van der Waals surface area contributed by atoms with Gasteiger partial charge >= 0.3 is 0 Å². The second-order valence-electron chi connectivity index (χ2n) is 4.33. The Balaban J connectivity index is 2.79. The normalized spacial score (nSPS) is 11.9. The lowest BCUT2D eigenvalue weighted by molar-refractivity contribution is 0.362. The van der Waals surface area contributed by atoms with Crippen LogP contribution in [0.1, 0.15) is 11.1 Å². The van der Waals surface area contributed by atoms with Gasteiger partial charge in [0.2, 0.25) is 0 Å². The van der Waals surface area contributed by atoms with Crippen LogP contribution in [-0.4, -0.2) is 14.7 Å². The van der Waals surface area contributed by atoms with Crippen molar-refractivity contribution < 1.29 is 14.7 Å².